The normalized spacial score (nSPS) is 14.3. The zero-order chi connectivity index (χ0) is 24.1. The van der Waals surface area contributed by atoms with Crippen molar-refractivity contribution < 1.29 is 19.1 Å². The Hall–Kier alpha value is -3.55. The molecule has 3 aromatic rings. The fourth-order valence-corrected chi connectivity index (χ4v) is 4.35. The molecule has 2 aromatic carbocycles. The highest BCUT2D eigenvalue weighted by Gasteiger charge is 2.22. The Kier molecular flexibility index (Phi) is 7.35. The molecule has 1 aliphatic rings. The minimum absolute atomic E-state index is 0.116. The summed E-state index contributed by atoms with van der Waals surface area (Å²) in [6, 6.07) is 12.9. The molecule has 0 atom stereocenters. The molecule has 0 unspecified atom stereocenters. The van der Waals surface area contributed by atoms with Crippen molar-refractivity contribution in [2.24, 2.45) is 5.92 Å². The van der Waals surface area contributed by atoms with Gasteiger partial charge in [-0.15, -0.1) is 0 Å². The van der Waals surface area contributed by atoms with Crippen molar-refractivity contribution in [2.75, 3.05) is 33.9 Å². The first-order valence-electron chi connectivity index (χ1n) is 11.7. The second-order valence-electron chi connectivity index (χ2n) is 8.74. The Labute approximate surface area is 199 Å². The second kappa shape index (κ2) is 10.6. The van der Waals surface area contributed by atoms with E-state index in [-0.39, 0.29) is 18.4 Å². The SMILES string of the molecule is COc1ccc(C(=O)NCCc2nc3ccccc3n2CC(=O)N2CCC(C)CC2)cc1OC. The van der Waals surface area contributed by atoms with Gasteiger partial charge in [0.05, 0.1) is 25.3 Å². The molecule has 180 valence electrons. The molecule has 1 aromatic heterocycles. The van der Waals surface area contributed by atoms with Crippen molar-refractivity contribution in [1.29, 1.82) is 0 Å². The molecule has 0 spiro atoms. The molecule has 1 aliphatic heterocycles. The summed E-state index contributed by atoms with van der Waals surface area (Å²) in [5.74, 6) is 2.44. The lowest BCUT2D eigenvalue weighted by molar-refractivity contribution is -0.133. The van der Waals surface area contributed by atoms with Crippen molar-refractivity contribution in [3.8, 4) is 11.5 Å². The van der Waals surface area contributed by atoms with Gasteiger partial charge in [-0.2, -0.15) is 0 Å². The van der Waals surface area contributed by atoms with Gasteiger partial charge < -0.3 is 24.3 Å². The number of aromatic nitrogens is 2. The molecular weight excluding hydrogens is 432 g/mol. The van der Waals surface area contributed by atoms with E-state index in [1.54, 1.807) is 25.3 Å². The Balaban J connectivity index is 1.45. The number of carbonyl (C=O) groups is 2. The molecule has 0 radical (unpaired) electrons. The predicted molar refractivity (Wildman–Crippen MR) is 130 cm³/mol. The number of nitrogens with zero attached hydrogens (tertiary/aromatic N) is 3. The summed E-state index contributed by atoms with van der Waals surface area (Å²) >= 11 is 0. The van der Waals surface area contributed by atoms with Crippen molar-refractivity contribution in [3.05, 3.63) is 53.9 Å². The molecule has 8 nitrogen and oxygen atoms in total. The molecule has 0 saturated carbocycles. The monoisotopic (exact) mass is 464 g/mol. The maximum atomic E-state index is 13.0. The highest BCUT2D eigenvalue weighted by molar-refractivity contribution is 5.94. The third-order valence-electron chi connectivity index (χ3n) is 6.44. The smallest absolute Gasteiger partial charge is 0.251 e. The van der Waals surface area contributed by atoms with Crippen LogP contribution in [-0.2, 0) is 17.8 Å². The Morgan fingerprint density at radius 3 is 2.53 bits per heavy atom. The van der Waals surface area contributed by atoms with Gasteiger partial charge in [0.1, 0.15) is 12.4 Å². The summed E-state index contributed by atoms with van der Waals surface area (Å²) in [6.07, 6.45) is 2.61. The number of amides is 2. The maximum absolute atomic E-state index is 13.0. The number of carbonyl (C=O) groups excluding carboxylic acids is 2. The highest BCUT2D eigenvalue weighted by atomic mass is 16.5. The second-order valence-corrected chi connectivity index (χ2v) is 8.74. The number of hydrogen-bond donors (Lipinski definition) is 1. The lowest BCUT2D eigenvalue weighted by Gasteiger charge is -2.30. The van der Waals surface area contributed by atoms with Crippen LogP contribution in [0.2, 0.25) is 0 Å². The number of fused-ring (bicyclic) bond motifs is 1. The average molecular weight is 465 g/mol. The molecule has 1 fully saturated rings. The van der Waals surface area contributed by atoms with E-state index in [1.165, 1.54) is 7.11 Å². The number of ether oxygens (including phenoxy) is 2. The van der Waals surface area contributed by atoms with Gasteiger partial charge in [-0.3, -0.25) is 9.59 Å². The molecular formula is C26H32N4O4. The summed E-state index contributed by atoms with van der Waals surface area (Å²) < 4.78 is 12.5. The van der Waals surface area contributed by atoms with Gasteiger partial charge in [-0.1, -0.05) is 19.1 Å². The molecule has 0 aliphatic carbocycles. The number of methoxy groups -OCH3 is 2. The van der Waals surface area contributed by atoms with Crippen LogP contribution >= 0.6 is 0 Å². The first kappa shape index (κ1) is 23.6. The van der Waals surface area contributed by atoms with E-state index in [9.17, 15) is 9.59 Å². The summed E-state index contributed by atoms with van der Waals surface area (Å²) in [7, 11) is 3.09. The number of rotatable bonds is 8. The number of benzene rings is 2. The lowest BCUT2D eigenvalue weighted by atomic mass is 9.99. The summed E-state index contributed by atoms with van der Waals surface area (Å²) in [6.45, 7) is 4.51. The van der Waals surface area contributed by atoms with Gasteiger partial charge in [0, 0.05) is 31.6 Å². The van der Waals surface area contributed by atoms with Gasteiger partial charge in [-0.25, -0.2) is 4.98 Å². The number of piperidine rings is 1. The van der Waals surface area contributed by atoms with Crippen LogP contribution in [0.1, 0.15) is 35.9 Å². The minimum Gasteiger partial charge on any atom is -0.493 e. The van der Waals surface area contributed by atoms with E-state index in [1.807, 2.05) is 33.7 Å². The fraction of sp³-hybridized carbons (Fsp3) is 0.423. The lowest BCUT2D eigenvalue weighted by Crippen LogP contribution is -2.40. The first-order chi connectivity index (χ1) is 16.5. The Morgan fingerprint density at radius 2 is 1.79 bits per heavy atom. The van der Waals surface area contributed by atoms with Gasteiger partial charge in [0.2, 0.25) is 5.91 Å². The molecule has 2 amide bonds. The minimum atomic E-state index is -0.206. The molecule has 4 rings (SSSR count). The molecule has 8 heteroatoms. The molecule has 2 heterocycles. The number of para-hydroxylation sites is 2. The third-order valence-corrected chi connectivity index (χ3v) is 6.44. The highest BCUT2D eigenvalue weighted by Crippen LogP contribution is 2.27. The topological polar surface area (TPSA) is 85.7 Å². The van der Waals surface area contributed by atoms with Crippen LogP contribution in [0.15, 0.2) is 42.5 Å². The summed E-state index contributed by atoms with van der Waals surface area (Å²) in [5.41, 5.74) is 2.27. The van der Waals surface area contributed by atoms with E-state index in [4.69, 9.17) is 14.5 Å². The van der Waals surface area contributed by atoms with E-state index in [0.717, 1.165) is 42.8 Å². The van der Waals surface area contributed by atoms with Crippen LogP contribution in [0.4, 0.5) is 0 Å². The first-order valence-corrected chi connectivity index (χ1v) is 11.7. The van der Waals surface area contributed by atoms with Crippen LogP contribution in [0, 0.1) is 5.92 Å². The van der Waals surface area contributed by atoms with Crippen molar-refractivity contribution in [3.63, 3.8) is 0 Å². The van der Waals surface area contributed by atoms with Crippen molar-refractivity contribution >= 4 is 22.8 Å². The Morgan fingerprint density at radius 1 is 1.06 bits per heavy atom. The average Bonchev–Trinajstić information content (AvgIpc) is 3.20. The van der Waals surface area contributed by atoms with Gasteiger partial charge in [0.15, 0.2) is 11.5 Å². The number of hydrogen-bond acceptors (Lipinski definition) is 5. The Bertz CT molecular complexity index is 1160. The van der Waals surface area contributed by atoms with Crippen LogP contribution < -0.4 is 14.8 Å². The van der Waals surface area contributed by atoms with Gasteiger partial charge in [-0.05, 0) is 49.1 Å². The van der Waals surface area contributed by atoms with E-state index >= 15 is 0 Å². The van der Waals surface area contributed by atoms with Crippen molar-refractivity contribution in [1.82, 2.24) is 19.8 Å². The molecule has 1 N–H and O–H groups in total. The molecule has 34 heavy (non-hydrogen) atoms. The van der Waals surface area contributed by atoms with Crippen molar-refractivity contribution in [2.45, 2.75) is 32.7 Å². The molecule has 1 saturated heterocycles. The number of nitrogens with one attached hydrogen (secondary N) is 1. The van der Waals surface area contributed by atoms with Crippen LogP contribution in [0.25, 0.3) is 11.0 Å². The standard InChI is InChI=1S/C26H32N4O4/c1-18-11-14-29(15-12-18)25(31)17-30-21-7-5-4-6-20(21)28-24(30)10-13-27-26(32)19-8-9-22(33-2)23(16-19)34-3/h4-9,16,18H,10-15,17H2,1-3H3,(H,27,32). The van der Waals surface area contributed by atoms with Gasteiger partial charge in [0.25, 0.3) is 5.91 Å². The number of imidazole rings is 1. The summed E-state index contributed by atoms with van der Waals surface area (Å²) in [4.78, 5) is 32.4. The quantitative estimate of drug-likeness (QED) is 0.553. The van der Waals surface area contributed by atoms with E-state index < -0.39 is 0 Å². The predicted octanol–water partition coefficient (Wildman–Crippen LogP) is 3.28. The van der Waals surface area contributed by atoms with Crippen LogP contribution in [-0.4, -0.2) is 60.1 Å². The zero-order valence-electron chi connectivity index (χ0n) is 20.0. The third kappa shape index (κ3) is 5.16. The van der Waals surface area contributed by atoms with E-state index in [2.05, 4.69) is 12.2 Å². The maximum Gasteiger partial charge on any atom is 0.251 e. The van der Waals surface area contributed by atoms with E-state index in [0.29, 0.717) is 35.9 Å². The fourth-order valence-electron chi connectivity index (χ4n) is 4.35. The van der Waals surface area contributed by atoms with Crippen LogP contribution in [0.3, 0.4) is 0 Å². The molecule has 0 bridgehead atoms. The summed E-state index contributed by atoms with van der Waals surface area (Å²) in [5, 5.41) is 2.95. The van der Waals surface area contributed by atoms with Crippen LogP contribution in [0.5, 0.6) is 11.5 Å². The number of likely N-dealkylation sites (tertiary alicyclic amines) is 1. The largest absolute Gasteiger partial charge is 0.493 e. The zero-order valence-corrected chi connectivity index (χ0v) is 20.0. The van der Waals surface area contributed by atoms with Gasteiger partial charge >= 0.3 is 0 Å².